The molecular formula is C15H13N3O2. The Morgan fingerprint density at radius 1 is 1.10 bits per heavy atom. The van der Waals surface area contributed by atoms with Crippen LogP contribution in [-0.2, 0) is 4.74 Å². The van der Waals surface area contributed by atoms with Gasteiger partial charge in [0.25, 0.3) is 0 Å². The van der Waals surface area contributed by atoms with Crippen LogP contribution < -0.4 is 10.6 Å². The maximum Gasteiger partial charge on any atom is 0.413 e. The lowest BCUT2D eigenvalue weighted by molar-refractivity contribution is 0.177. The molecule has 3 rings (SSSR count). The van der Waals surface area contributed by atoms with Crippen LogP contribution in [0, 0.1) is 0 Å². The third-order valence-corrected chi connectivity index (χ3v) is 3.01. The van der Waals surface area contributed by atoms with Gasteiger partial charge in [0, 0.05) is 16.8 Å². The van der Waals surface area contributed by atoms with Gasteiger partial charge in [-0.05, 0) is 12.1 Å². The van der Waals surface area contributed by atoms with Crippen LogP contribution in [0.3, 0.4) is 0 Å². The summed E-state index contributed by atoms with van der Waals surface area (Å²) in [7, 11) is 1.31. The molecule has 0 aliphatic carbocycles. The Hall–Kier alpha value is -2.82. The minimum Gasteiger partial charge on any atom is -0.453 e. The molecule has 1 heterocycles. The topological polar surface area (TPSA) is 62.7 Å². The smallest absolute Gasteiger partial charge is 0.413 e. The Bertz CT molecular complexity index is 695. The van der Waals surface area contributed by atoms with Gasteiger partial charge in [0.05, 0.1) is 12.8 Å². The van der Waals surface area contributed by atoms with Crippen molar-refractivity contribution in [1.82, 2.24) is 5.32 Å². The van der Waals surface area contributed by atoms with Crippen LogP contribution in [0.4, 0.5) is 16.2 Å². The van der Waals surface area contributed by atoms with Gasteiger partial charge < -0.3 is 10.1 Å². The summed E-state index contributed by atoms with van der Waals surface area (Å²) in [5, 5.41) is 5.68. The summed E-state index contributed by atoms with van der Waals surface area (Å²) < 4.78 is 4.60. The number of para-hydroxylation sites is 2. The minimum absolute atomic E-state index is 0.342. The third kappa shape index (κ3) is 2.21. The van der Waals surface area contributed by atoms with E-state index >= 15 is 0 Å². The van der Waals surface area contributed by atoms with Crippen molar-refractivity contribution in [3.8, 4) is 11.1 Å². The first-order chi connectivity index (χ1) is 9.78. The number of nitrogens with one attached hydrogen (secondary N) is 2. The Morgan fingerprint density at radius 3 is 2.60 bits per heavy atom. The summed E-state index contributed by atoms with van der Waals surface area (Å²) in [6.07, 6.45) is -0.562. The maximum atomic E-state index is 11.4. The number of ether oxygens (including phenoxy) is 1. The molecule has 0 radical (unpaired) electrons. The van der Waals surface area contributed by atoms with Crippen molar-refractivity contribution in [2.45, 2.75) is 0 Å². The summed E-state index contributed by atoms with van der Waals surface area (Å²) in [5.41, 5.74) is 3.72. The second-order valence-electron chi connectivity index (χ2n) is 4.26. The molecular weight excluding hydrogens is 254 g/mol. The summed E-state index contributed by atoms with van der Waals surface area (Å²) in [6, 6.07) is 15.6. The summed E-state index contributed by atoms with van der Waals surface area (Å²) in [6.45, 7) is 0. The van der Waals surface area contributed by atoms with Crippen molar-refractivity contribution >= 4 is 23.4 Å². The van der Waals surface area contributed by atoms with Gasteiger partial charge in [0.2, 0.25) is 5.96 Å². The lowest BCUT2D eigenvalue weighted by Gasteiger charge is -2.10. The van der Waals surface area contributed by atoms with Crippen LogP contribution in [0.25, 0.3) is 11.1 Å². The number of guanidine groups is 1. The van der Waals surface area contributed by atoms with Gasteiger partial charge >= 0.3 is 6.09 Å². The second kappa shape index (κ2) is 5.05. The van der Waals surface area contributed by atoms with Gasteiger partial charge in [0.15, 0.2) is 0 Å². The highest BCUT2D eigenvalue weighted by atomic mass is 16.5. The normalized spacial score (nSPS) is 12.2. The van der Waals surface area contributed by atoms with E-state index in [0.29, 0.717) is 5.96 Å². The van der Waals surface area contributed by atoms with Gasteiger partial charge in [-0.2, -0.15) is 0 Å². The zero-order valence-electron chi connectivity index (χ0n) is 10.9. The van der Waals surface area contributed by atoms with Crippen LogP contribution in [-0.4, -0.2) is 19.2 Å². The number of fused-ring (bicyclic) bond motifs is 3. The standard InChI is InChI=1S/C15H13N3O2/c1-20-15(19)18-14-16-12-8-4-2-6-10(12)11-7-3-5-9-13(11)17-14/h2-9H,1H3,(H2,16,17,18,19). The Labute approximate surface area is 116 Å². The van der Waals surface area contributed by atoms with Crippen LogP contribution in [0.15, 0.2) is 53.5 Å². The fourth-order valence-corrected chi connectivity index (χ4v) is 2.11. The molecule has 2 aromatic carbocycles. The summed E-state index contributed by atoms with van der Waals surface area (Å²) in [5.74, 6) is 0.342. The SMILES string of the molecule is COC(=O)NC1=Nc2ccccc2-c2ccccc2N1. The number of nitrogens with zero attached hydrogens (tertiary/aromatic N) is 1. The number of aliphatic imine (C=N–C) groups is 1. The first-order valence-corrected chi connectivity index (χ1v) is 6.17. The van der Waals surface area contributed by atoms with E-state index in [1.54, 1.807) is 0 Å². The first-order valence-electron chi connectivity index (χ1n) is 6.17. The molecule has 0 bridgehead atoms. The fourth-order valence-electron chi connectivity index (χ4n) is 2.11. The van der Waals surface area contributed by atoms with Crippen LogP contribution in [0.1, 0.15) is 0 Å². The number of hydrogen-bond acceptors (Lipinski definition) is 4. The zero-order valence-corrected chi connectivity index (χ0v) is 10.9. The lowest BCUT2D eigenvalue weighted by atomic mass is 10.0. The second-order valence-corrected chi connectivity index (χ2v) is 4.26. The highest BCUT2D eigenvalue weighted by Gasteiger charge is 2.16. The quantitative estimate of drug-likeness (QED) is 0.770. The van der Waals surface area contributed by atoms with Crippen molar-refractivity contribution in [2.75, 3.05) is 12.4 Å². The summed E-state index contributed by atoms with van der Waals surface area (Å²) >= 11 is 0. The van der Waals surface area contributed by atoms with E-state index in [1.165, 1.54) is 7.11 Å². The number of amides is 1. The minimum atomic E-state index is -0.562. The highest BCUT2D eigenvalue weighted by molar-refractivity contribution is 6.08. The predicted molar refractivity (Wildman–Crippen MR) is 78.1 cm³/mol. The number of benzene rings is 2. The maximum absolute atomic E-state index is 11.4. The van der Waals surface area contributed by atoms with Crippen LogP contribution in [0.5, 0.6) is 0 Å². The van der Waals surface area contributed by atoms with E-state index in [0.717, 1.165) is 22.5 Å². The number of carbonyl (C=O) groups is 1. The molecule has 100 valence electrons. The van der Waals surface area contributed by atoms with E-state index in [9.17, 15) is 4.79 Å². The number of rotatable bonds is 0. The van der Waals surface area contributed by atoms with Crippen molar-refractivity contribution in [1.29, 1.82) is 0 Å². The van der Waals surface area contributed by atoms with Gasteiger partial charge in [0.1, 0.15) is 0 Å². The largest absolute Gasteiger partial charge is 0.453 e. The molecule has 1 aliphatic rings. The van der Waals surface area contributed by atoms with E-state index in [-0.39, 0.29) is 0 Å². The van der Waals surface area contributed by atoms with Gasteiger partial charge in [-0.3, -0.25) is 5.32 Å². The fraction of sp³-hybridized carbons (Fsp3) is 0.0667. The average molecular weight is 267 g/mol. The van der Waals surface area contributed by atoms with E-state index in [4.69, 9.17) is 0 Å². The molecule has 20 heavy (non-hydrogen) atoms. The van der Waals surface area contributed by atoms with Crippen LogP contribution >= 0.6 is 0 Å². The number of anilines is 1. The van der Waals surface area contributed by atoms with E-state index in [2.05, 4.69) is 20.4 Å². The first kappa shape index (κ1) is 12.2. The molecule has 1 amide bonds. The van der Waals surface area contributed by atoms with Gasteiger partial charge in [-0.1, -0.05) is 36.4 Å². The molecule has 0 atom stereocenters. The van der Waals surface area contributed by atoms with Crippen molar-refractivity contribution in [2.24, 2.45) is 4.99 Å². The summed E-state index contributed by atoms with van der Waals surface area (Å²) in [4.78, 5) is 15.8. The Morgan fingerprint density at radius 2 is 1.80 bits per heavy atom. The van der Waals surface area contributed by atoms with Crippen molar-refractivity contribution in [3.63, 3.8) is 0 Å². The lowest BCUT2D eigenvalue weighted by Crippen LogP contribution is -2.35. The third-order valence-electron chi connectivity index (χ3n) is 3.01. The molecule has 0 saturated heterocycles. The van der Waals surface area contributed by atoms with Crippen molar-refractivity contribution < 1.29 is 9.53 Å². The Balaban J connectivity index is 2.11. The molecule has 0 saturated carbocycles. The van der Waals surface area contributed by atoms with E-state index in [1.807, 2.05) is 48.5 Å². The molecule has 0 fully saturated rings. The van der Waals surface area contributed by atoms with Crippen LogP contribution in [0.2, 0.25) is 0 Å². The molecule has 0 aromatic heterocycles. The molecule has 5 nitrogen and oxygen atoms in total. The monoisotopic (exact) mass is 267 g/mol. The molecule has 5 heteroatoms. The molecule has 2 N–H and O–H groups in total. The van der Waals surface area contributed by atoms with E-state index < -0.39 is 6.09 Å². The molecule has 0 spiro atoms. The molecule has 1 aliphatic heterocycles. The number of carbonyl (C=O) groups excluding carboxylic acids is 1. The van der Waals surface area contributed by atoms with Gasteiger partial charge in [-0.25, -0.2) is 9.79 Å². The molecule has 0 unspecified atom stereocenters. The number of alkyl carbamates (subject to hydrolysis) is 1. The molecule has 2 aromatic rings. The zero-order chi connectivity index (χ0) is 13.9. The predicted octanol–water partition coefficient (Wildman–Crippen LogP) is 3.12. The number of methoxy groups -OCH3 is 1. The van der Waals surface area contributed by atoms with Gasteiger partial charge in [-0.15, -0.1) is 0 Å². The average Bonchev–Trinajstić information content (AvgIpc) is 2.63. The Kier molecular flexibility index (Phi) is 3.09. The highest BCUT2D eigenvalue weighted by Crippen LogP contribution is 2.36. The van der Waals surface area contributed by atoms with Crippen molar-refractivity contribution in [3.05, 3.63) is 48.5 Å². The number of hydrogen-bond donors (Lipinski definition) is 2.